The van der Waals surface area contributed by atoms with Crippen LogP contribution in [0.5, 0.6) is 5.75 Å². The fourth-order valence-corrected chi connectivity index (χ4v) is 4.27. The molecule has 1 aromatic carbocycles. The Kier molecular flexibility index (Phi) is 7.98. The fraction of sp³-hybridized carbons (Fsp3) is 0.318. The summed E-state index contributed by atoms with van der Waals surface area (Å²) in [5.74, 6) is 0.584. The maximum Gasteiger partial charge on any atom is 0.270 e. The molecule has 2 aromatic heterocycles. The minimum absolute atomic E-state index is 0.00303. The van der Waals surface area contributed by atoms with Crippen molar-refractivity contribution in [3.63, 3.8) is 0 Å². The van der Waals surface area contributed by atoms with Gasteiger partial charge in [-0.05, 0) is 55.0 Å². The van der Waals surface area contributed by atoms with Crippen LogP contribution in [-0.4, -0.2) is 29.9 Å². The molecule has 0 spiro atoms. The number of ether oxygens (including phenoxy) is 1. The van der Waals surface area contributed by atoms with E-state index < -0.39 is 0 Å². The van der Waals surface area contributed by atoms with Crippen molar-refractivity contribution in [2.24, 2.45) is 0 Å². The highest BCUT2D eigenvalue weighted by Gasteiger charge is 2.11. The van der Waals surface area contributed by atoms with E-state index in [2.05, 4.69) is 21.7 Å². The zero-order chi connectivity index (χ0) is 21.3. The normalized spacial score (nSPS) is 10.6. The highest BCUT2D eigenvalue weighted by atomic mass is 32.1. The molecule has 0 saturated heterocycles. The Morgan fingerprint density at radius 1 is 1.07 bits per heavy atom. The summed E-state index contributed by atoms with van der Waals surface area (Å²) in [4.78, 5) is 29.5. The van der Waals surface area contributed by atoms with Gasteiger partial charge in [0.25, 0.3) is 5.91 Å². The number of benzene rings is 1. The van der Waals surface area contributed by atoms with E-state index in [-0.39, 0.29) is 11.8 Å². The molecule has 0 radical (unpaired) electrons. The monoisotopic (exact) mass is 443 g/mol. The van der Waals surface area contributed by atoms with Gasteiger partial charge in [-0.3, -0.25) is 9.59 Å². The predicted molar refractivity (Wildman–Crippen MR) is 120 cm³/mol. The van der Waals surface area contributed by atoms with Crippen LogP contribution in [0, 0.1) is 13.8 Å². The highest BCUT2D eigenvalue weighted by Crippen LogP contribution is 2.19. The number of hydrogen-bond acceptors (Lipinski definition) is 6. The third-order valence-corrected chi connectivity index (χ3v) is 5.92. The van der Waals surface area contributed by atoms with E-state index in [1.54, 1.807) is 16.7 Å². The highest BCUT2D eigenvalue weighted by molar-refractivity contribution is 7.10. The Morgan fingerprint density at radius 2 is 1.83 bits per heavy atom. The summed E-state index contributed by atoms with van der Waals surface area (Å²) in [5.41, 5.74) is 2.68. The smallest absolute Gasteiger partial charge is 0.270 e. The number of amides is 2. The number of carbonyl (C=O) groups excluding carboxylic acids is 2. The van der Waals surface area contributed by atoms with Gasteiger partial charge in [-0.15, -0.1) is 22.7 Å². The molecule has 0 bridgehead atoms. The van der Waals surface area contributed by atoms with Crippen molar-refractivity contribution in [1.82, 2.24) is 15.6 Å². The zero-order valence-electron chi connectivity index (χ0n) is 17.1. The van der Waals surface area contributed by atoms with Crippen molar-refractivity contribution in [3.8, 4) is 5.75 Å². The number of aryl methyl sites for hydroxylation is 2. The van der Waals surface area contributed by atoms with Crippen LogP contribution in [0.2, 0.25) is 0 Å². The summed E-state index contributed by atoms with van der Waals surface area (Å²) in [5, 5.41) is 10.1. The lowest BCUT2D eigenvalue weighted by Gasteiger charge is -2.06. The number of nitrogens with zero attached hydrogens (tertiary/aromatic N) is 1. The maximum absolute atomic E-state index is 12.2. The molecule has 30 heavy (non-hydrogen) atoms. The van der Waals surface area contributed by atoms with Crippen molar-refractivity contribution in [1.29, 1.82) is 0 Å². The van der Waals surface area contributed by atoms with E-state index in [9.17, 15) is 9.59 Å². The molecule has 2 N–H and O–H groups in total. The number of carbonyl (C=O) groups is 2. The summed E-state index contributed by atoms with van der Waals surface area (Å²) in [6, 6.07) is 9.93. The molecule has 6 nitrogen and oxygen atoms in total. The molecule has 2 amide bonds. The lowest BCUT2D eigenvalue weighted by atomic mass is 10.1. The molecule has 0 saturated carbocycles. The molecule has 0 aliphatic carbocycles. The molecule has 0 fully saturated rings. The summed E-state index contributed by atoms with van der Waals surface area (Å²) in [7, 11) is 0. The Bertz CT molecular complexity index is 963. The van der Waals surface area contributed by atoms with Crippen LogP contribution in [-0.2, 0) is 17.8 Å². The lowest BCUT2D eigenvalue weighted by molar-refractivity contribution is -0.120. The zero-order valence-corrected chi connectivity index (χ0v) is 18.7. The summed E-state index contributed by atoms with van der Waals surface area (Å²) in [6.07, 6.45) is 1.06. The number of nitrogens with one attached hydrogen (secondary N) is 2. The first-order valence-electron chi connectivity index (χ1n) is 9.72. The Hall–Kier alpha value is -2.71. The lowest BCUT2D eigenvalue weighted by Crippen LogP contribution is -2.30. The van der Waals surface area contributed by atoms with Crippen LogP contribution in [0.25, 0.3) is 0 Å². The average Bonchev–Trinajstić information content (AvgIpc) is 3.37. The maximum atomic E-state index is 12.2. The number of aromatic nitrogens is 1. The van der Waals surface area contributed by atoms with Crippen LogP contribution in [0.4, 0.5) is 0 Å². The molecular weight excluding hydrogens is 418 g/mol. The van der Waals surface area contributed by atoms with Crippen LogP contribution >= 0.6 is 22.7 Å². The third-order valence-electron chi connectivity index (χ3n) is 4.22. The third kappa shape index (κ3) is 6.96. The first-order valence-corrected chi connectivity index (χ1v) is 11.5. The molecule has 158 valence electrons. The van der Waals surface area contributed by atoms with Gasteiger partial charge in [0.05, 0.1) is 6.42 Å². The van der Waals surface area contributed by atoms with Crippen molar-refractivity contribution < 1.29 is 14.3 Å². The van der Waals surface area contributed by atoms with E-state index in [0.29, 0.717) is 38.2 Å². The Balaban J connectivity index is 1.35. The molecule has 3 aromatic rings. The second-order valence-corrected chi connectivity index (χ2v) is 8.93. The molecule has 2 heterocycles. The first kappa shape index (κ1) is 22.0. The van der Waals surface area contributed by atoms with Crippen molar-refractivity contribution in [2.75, 3.05) is 13.1 Å². The molecule has 3 rings (SSSR count). The van der Waals surface area contributed by atoms with Gasteiger partial charge in [-0.1, -0.05) is 12.1 Å². The first-order chi connectivity index (χ1) is 14.5. The molecular formula is C22H25N3O3S2. The van der Waals surface area contributed by atoms with Gasteiger partial charge >= 0.3 is 0 Å². The summed E-state index contributed by atoms with van der Waals surface area (Å²) >= 11 is 2.97. The van der Waals surface area contributed by atoms with Gasteiger partial charge in [-0.25, -0.2) is 4.98 Å². The molecule has 0 atom stereocenters. The molecule has 0 unspecified atom stereocenters. The summed E-state index contributed by atoms with van der Waals surface area (Å²) in [6.45, 7) is 5.39. The average molecular weight is 444 g/mol. The van der Waals surface area contributed by atoms with Crippen molar-refractivity contribution >= 4 is 34.5 Å². The molecule has 0 aliphatic heterocycles. The fourth-order valence-electron chi connectivity index (χ4n) is 2.89. The second-order valence-electron chi connectivity index (χ2n) is 6.95. The van der Waals surface area contributed by atoms with Gasteiger partial charge in [0.1, 0.15) is 23.1 Å². The van der Waals surface area contributed by atoms with Crippen molar-refractivity contribution in [3.05, 3.63) is 67.8 Å². The minimum Gasteiger partial charge on any atom is -0.486 e. The van der Waals surface area contributed by atoms with E-state index in [0.717, 1.165) is 26.8 Å². The van der Waals surface area contributed by atoms with Gasteiger partial charge in [0, 0.05) is 23.3 Å². The molecule has 8 heteroatoms. The Morgan fingerprint density at radius 3 is 2.57 bits per heavy atom. The number of rotatable bonds is 10. The van der Waals surface area contributed by atoms with Gasteiger partial charge in [0.15, 0.2) is 0 Å². The predicted octanol–water partition coefficient (Wildman–Crippen LogP) is 3.88. The Labute approximate surface area is 184 Å². The van der Waals surface area contributed by atoms with E-state index >= 15 is 0 Å². The largest absolute Gasteiger partial charge is 0.486 e. The SMILES string of the molecule is Cc1cc(C)cc(OCc2nc(C(=O)NCCCNC(=O)Cc3cccs3)cs2)c1. The van der Waals surface area contributed by atoms with Gasteiger partial charge < -0.3 is 15.4 Å². The van der Waals surface area contributed by atoms with Gasteiger partial charge in [0.2, 0.25) is 5.91 Å². The topological polar surface area (TPSA) is 80.3 Å². The van der Waals surface area contributed by atoms with Crippen LogP contribution in [0.15, 0.2) is 41.1 Å². The number of thiophene rings is 1. The van der Waals surface area contributed by atoms with Crippen molar-refractivity contribution in [2.45, 2.75) is 33.3 Å². The van der Waals surface area contributed by atoms with Crippen LogP contribution < -0.4 is 15.4 Å². The van der Waals surface area contributed by atoms with E-state index in [1.165, 1.54) is 11.3 Å². The van der Waals surface area contributed by atoms with Gasteiger partial charge in [-0.2, -0.15) is 0 Å². The van der Waals surface area contributed by atoms with Crippen LogP contribution in [0.1, 0.15) is 37.9 Å². The minimum atomic E-state index is -0.214. The molecule has 0 aliphatic rings. The number of hydrogen-bond donors (Lipinski definition) is 2. The van der Waals surface area contributed by atoms with E-state index in [1.807, 2.05) is 43.5 Å². The quantitative estimate of drug-likeness (QED) is 0.466. The summed E-state index contributed by atoms with van der Waals surface area (Å²) < 4.78 is 5.80. The number of thiazole rings is 1. The van der Waals surface area contributed by atoms with Crippen LogP contribution in [0.3, 0.4) is 0 Å². The van der Waals surface area contributed by atoms with E-state index in [4.69, 9.17) is 4.74 Å². The second kappa shape index (κ2) is 10.9. The standard InChI is InChI=1S/C22H25N3O3S2/c1-15-9-16(2)11-17(10-15)28-13-21-25-19(14-30-21)22(27)24-7-4-6-23-20(26)12-18-5-3-8-29-18/h3,5,8-11,14H,4,6-7,12-13H2,1-2H3,(H,23,26)(H,24,27).